The second kappa shape index (κ2) is 5.82. The minimum atomic E-state index is -1.02. The first kappa shape index (κ1) is 16.3. The lowest BCUT2D eigenvalue weighted by Gasteiger charge is -2.33. The molecular formula is C18H21N3O3. The van der Waals surface area contributed by atoms with Crippen LogP contribution in [0.3, 0.4) is 0 Å². The van der Waals surface area contributed by atoms with Gasteiger partial charge in [0.15, 0.2) is 5.54 Å². The number of amides is 3. The Labute approximate surface area is 141 Å². The first-order chi connectivity index (χ1) is 11.4. The van der Waals surface area contributed by atoms with Crippen molar-refractivity contribution in [1.29, 1.82) is 5.26 Å². The molecule has 0 saturated carbocycles. The quantitative estimate of drug-likeness (QED) is 0.862. The van der Waals surface area contributed by atoms with Gasteiger partial charge in [0.2, 0.25) is 0 Å². The molecule has 1 unspecified atom stereocenters. The zero-order valence-corrected chi connectivity index (χ0v) is 14.0. The summed E-state index contributed by atoms with van der Waals surface area (Å²) in [5.41, 5.74) is -0.756. The number of imide groups is 1. The van der Waals surface area contributed by atoms with Crippen LogP contribution in [0.25, 0.3) is 0 Å². The monoisotopic (exact) mass is 327 g/mol. The number of rotatable bonds is 4. The Balaban J connectivity index is 1.79. The number of nitrogens with zero attached hydrogens (tertiary/aromatic N) is 2. The summed E-state index contributed by atoms with van der Waals surface area (Å²) in [5, 5.41) is 12.0. The molecule has 3 rings (SSSR count). The number of nitriles is 1. The predicted octanol–water partition coefficient (Wildman–Crippen LogP) is 2.55. The maximum Gasteiger partial charge on any atom is 0.325 e. The Morgan fingerprint density at radius 2 is 2.12 bits per heavy atom. The van der Waals surface area contributed by atoms with Crippen LogP contribution in [0.2, 0.25) is 0 Å². The summed E-state index contributed by atoms with van der Waals surface area (Å²) in [7, 11) is 0. The van der Waals surface area contributed by atoms with Crippen LogP contribution in [0.1, 0.15) is 38.7 Å². The SMILES string of the molecule is CC(C)(C#N)CCCN1C(=O)NC2(CCOc3ccccc32)C1=O. The number of hydrogen-bond acceptors (Lipinski definition) is 4. The molecule has 126 valence electrons. The van der Waals surface area contributed by atoms with Crippen LogP contribution in [0.4, 0.5) is 4.79 Å². The number of carbonyl (C=O) groups excluding carboxylic acids is 2. The summed E-state index contributed by atoms with van der Waals surface area (Å²) in [5.74, 6) is 0.419. The molecule has 0 aliphatic carbocycles. The highest BCUT2D eigenvalue weighted by molar-refractivity contribution is 6.07. The fourth-order valence-corrected chi connectivity index (χ4v) is 3.31. The van der Waals surface area contributed by atoms with Crippen molar-refractivity contribution in [2.24, 2.45) is 5.41 Å². The van der Waals surface area contributed by atoms with Gasteiger partial charge in [0, 0.05) is 18.5 Å². The summed E-state index contributed by atoms with van der Waals surface area (Å²) >= 11 is 0. The van der Waals surface area contributed by atoms with E-state index in [1.165, 1.54) is 4.90 Å². The van der Waals surface area contributed by atoms with Gasteiger partial charge in [-0.1, -0.05) is 18.2 Å². The van der Waals surface area contributed by atoms with Crippen LogP contribution < -0.4 is 10.1 Å². The predicted molar refractivity (Wildman–Crippen MR) is 87.1 cm³/mol. The van der Waals surface area contributed by atoms with Gasteiger partial charge >= 0.3 is 6.03 Å². The number of para-hydroxylation sites is 1. The van der Waals surface area contributed by atoms with E-state index < -0.39 is 11.0 Å². The van der Waals surface area contributed by atoms with Gasteiger partial charge in [-0.2, -0.15) is 5.26 Å². The van der Waals surface area contributed by atoms with Crippen LogP contribution in [-0.4, -0.2) is 30.0 Å². The Morgan fingerprint density at radius 3 is 2.88 bits per heavy atom. The van der Waals surface area contributed by atoms with E-state index in [0.29, 0.717) is 38.2 Å². The van der Waals surface area contributed by atoms with E-state index in [2.05, 4.69) is 11.4 Å². The molecule has 0 aromatic heterocycles. The van der Waals surface area contributed by atoms with Gasteiger partial charge in [0.25, 0.3) is 5.91 Å². The molecule has 24 heavy (non-hydrogen) atoms. The van der Waals surface area contributed by atoms with E-state index in [0.717, 1.165) is 5.56 Å². The summed E-state index contributed by atoms with van der Waals surface area (Å²) in [6.45, 7) is 4.42. The summed E-state index contributed by atoms with van der Waals surface area (Å²) in [4.78, 5) is 26.7. The number of nitrogens with one attached hydrogen (secondary N) is 1. The van der Waals surface area contributed by atoms with Crippen LogP contribution in [0.15, 0.2) is 24.3 Å². The lowest BCUT2D eigenvalue weighted by molar-refractivity contribution is -0.132. The van der Waals surface area contributed by atoms with Crippen molar-refractivity contribution >= 4 is 11.9 Å². The zero-order chi connectivity index (χ0) is 17.4. The second-order valence-electron chi connectivity index (χ2n) is 6.99. The Kier molecular flexibility index (Phi) is 3.96. The summed E-state index contributed by atoms with van der Waals surface area (Å²) < 4.78 is 5.61. The minimum Gasteiger partial charge on any atom is -0.493 e. The average Bonchev–Trinajstić information content (AvgIpc) is 2.80. The molecule has 6 nitrogen and oxygen atoms in total. The van der Waals surface area contributed by atoms with E-state index in [1.807, 2.05) is 38.1 Å². The molecule has 1 N–H and O–H groups in total. The van der Waals surface area contributed by atoms with Gasteiger partial charge in [-0.15, -0.1) is 0 Å². The van der Waals surface area contributed by atoms with Gasteiger partial charge in [0.1, 0.15) is 5.75 Å². The largest absolute Gasteiger partial charge is 0.493 e. The molecule has 2 aliphatic heterocycles. The summed E-state index contributed by atoms with van der Waals surface area (Å²) in [6.07, 6.45) is 1.66. The van der Waals surface area contributed by atoms with Gasteiger partial charge in [-0.25, -0.2) is 4.79 Å². The van der Waals surface area contributed by atoms with E-state index in [9.17, 15) is 9.59 Å². The number of carbonyl (C=O) groups is 2. The highest BCUT2D eigenvalue weighted by Crippen LogP contribution is 2.41. The van der Waals surface area contributed by atoms with Crippen LogP contribution in [0.5, 0.6) is 5.75 Å². The van der Waals surface area contributed by atoms with Crippen molar-refractivity contribution in [2.45, 2.75) is 38.6 Å². The molecule has 1 saturated heterocycles. The van der Waals surface area contributed by atoms with Gasteiger partial charge in [-0.05, 0) is 32.8 Å². The van der Waals surface area contributed by atoms with Crippen LogP contribution >= 0.6 is 0 Å². The molecule has 3 amide bonds. The summed E-state index contributed by atoms with van der Waals surface area (Å²) in [6, 6.07) is 9.20. The highest BCUT2D eigenvalue weighted by atomic mass is 16.5. The second-order valence-corrected chi connectivity index (χ2v) is 6.99. The third kappa shape index (κ3) is 2.60. The fraction of sp³-hybridized carbons (Fsp3) is 0.500. The minimum absolute atomic E-state index is 0.224. The molecule has 1 aromatic rings. The smallest absolute Gasteiger partial charge is 0.325 e. The van der Waals surface area contributed by atoms with Crippen LogP contribution in [-0.2, 0) is 10.3 Å². The molecule has 1 aromatic carbocycles. The van der Waals surface area contributed by atoms with Gasteiger partial charge in [-0.3, -0.25) is 9.69 Å². The first-order valence-electron chi connectivity index (χ1n) is 8.17. The van der Waals surface area contributed by atoms with E-state index in [-0.39, 0.29) is 11.9 Å². The third-order valence-electron chi connectivity index (χ3n) is 4.74. The number of urea groups is 1. The lowest BCUT2D eigenvalue weighted by atomic mass is 9.84. The van der Waals surface area contributed by atoms with E-state index in [1.54, 1.807) is 0 Å². The maximum atomic E-state index is 13.0. The number of hydrogen-bond donors (Lipinski definition) is 1. The molecule has 0 bridgehead atoms. The molecular weight excluding hydrogens is 306 g/mol. The molecule has 1 atom stereocenters. The van der Waals surface area contributed by atoms with Crippen molar-refractivity contribution in [3.05, 3.63) is 29.8 Å². The first-order valence-corrected chi connectivity index (χ1v) is 8.17. The standard InChI is InChI=1S/C18H21N3O3/c1-17(2,12-19)8-5-10-21-15(22)18(20-16(21)23)9-11-24-14-7-4-3-6-13(14)18/h3-4,6-7H,5,8-11H2,1-2H3,(H,20,23). The van der Waals surface area contributed by atoms with Crippen molar-refractivity contribution in [1.82, 2.24) is 10.2 Å². The number of ether oxygens (including phenoxy) is 1. The molecule has 1 spiro atoms. The van der Waals surface area contributed by atoms with Crippen molar-refractivity contribution < 1.29 is 14.3 Å². The third-order valence-corrected chi connectivity index (χ3v) is 4.74. The maximum absolute atomic E-state index is 13.0. The highest BCUT2D eigenvalue weighted by Gasteiger charge is 2.54. The number of fused-ring (bicyclic) bond motifs is 2. The average molecular weight is 327 g/mol. The molecule has 6 heteroatoms. The molecule has 2 aliphatic rings. The van der Waals surface area contributed by atoms with Crippen molar-refractivity contribution in [2.75, 3.05) is 13.2 Å². The molecule has 2 heterocycles. The number of benzene rings is 1. The fourth-order valence-electron chi connectivity index (χ4n) is 3.31. The van der Waals surface area contributed by atoms with Crippen molar-refractivity contribution in [3.8, 4) is 11.8 Å². The van der Waals surface area contributed by atoms with Crippen molar-refractivity contribution in [3.63, 3.8) is 0 Å². The Morgan fingerprint density at radius 1 is 1.38 bits per heavy atom. The van der Waals surface area contributed by atoms with E-state index >= 15 is 0 Å². The topological polar surface area (TPSA) is 82.4 Å². The Bertz CT molecular complexity index is 722. The normalized spacial score (nSPS) is 22.8. The van der Waals surface area contributed by atoms with Crippen LogP contribution in [0, 0.1) is 16.7 Å². The van der Waals surface area contributed by atoms with Gasteiger partial charge < -0.3 is 10.1 Å². The molecule has 0 radical (unpaired) electrons. The Hall–Kier alpha value is -2.55. The zero-order valence-electron chi connectivity index (χ0n) is 14.0. The lowest BCUT2D eigenvalue weighted by Crippen LogP contribution is -2.47. The van der Waals surface area contributed by atoms with E-state index in [4.69, 9.17) is 10.00 Å². The van der Waals surface area contributed by atoms with Gasteiger partial charge in [0.05, 0.1) is 18.1 Å². The molecule has 1 fully saturated rings.